The van der Waals surface area contributed by atoms with E-state index in [1.54, 1.807) is 17.3 Å². The van der Waals surface area contributed by atoms with Crippen LogP contribution in [0.4, 0.5) is 4.79 Å². The molecule has 8 nitrogen and oxygen atoms in total. The fraction of sp³-hybridized carbons (Fsp3) is 0.583. The quantitative estimate of drug-likeness (QED) is 0.603. The zero-order chi connectivity index (χ0) is 14.5. The molecule has 0 unspecified atom stereocenters. The van der Waals surface area contributed by atoms with Crippen molar-refractivity contribution >= 4 is 12.0 Å². The Hall–Kier alpha value is -2.09. The van der Waals surface area contributed by atoms with Crippen LogP contribution in [0.25, 0.3) is 0 Å². The molecule has 1 aromatic rings. The van der Waals surface area contributed by atoms with Crippen molar-refractivity contribution in [2.45, 2.75) is 24.8 Å². The van der Waals surface area contributed by atoms with Crippen molar-refractivity contribution in [3.05, 3.63) is 18.2 Å². The summed E-state index contributed by atoms with van der Waals surface area (Å²) in [6.45, 7) is 1.19. The van der Waals surface area contributed by atoms with Crippen LogP contribution in [0.5, 0.6) is 0 Å². The number of imidazole rings is 1. The molecule has 2 heterocycles. The van der Waals surface area contributed by atoms with Gasteiger partial charge in [0.15, 0.2) is 0 Å². The number of aromatic nitrogens is 2. The number of likely N-dealkylation sites (tertiary alicyclic amines) is 1. The molecule has 1 aliphatic heterocycles. The highest BCUT2D eigenvalue weighted by Gasteiger charge is 2.25. The second-order valence-electron chi connectivity index (χ2n) is 4.87. The number of aliphatic carboxylic acids is 1. The van der Waals surface area contributed by atoms with E-state index in [1.165, 1.54) is 0 Å². The molecule has 0 aliphatic carbocycles. The number of nitrogens with zero attached hydrogens (tertiary/aromatic N) is 2. The molecular weight excluding hydrogens is 262 g/mol. The third-order valence-electron chi connectivity index (χ3n) is 3.48. The minimum atomic E-state index is -1.12. The smallest absolute Gasteiger partial charge is 0.322 e. The molecule has 1 aliphatic rings. The number of hydrogen-bond acceptors (Lipinski definition) is 4. The van der Waals surface area contributed by atoms with Crippen LogP contribution < -0.4 is 11.1 Å². The Labute approximate surface area is 116 Å². The Morgan fingerprint density at radius 2 is 2.25 bits per heavy atom. The molecule has 110 valence electrons. The van der Waals surface area contributed by atoms with Crippen molar-refractivity contribution in [3.63, 3.8) is 0 Å². The number of rotatable bonds is 4. The number of carbonyl (C=O) groups is 2. The first-order valence-corrected chi connectivity index (χ1v) is 6.58. The number of nitrogens with one attached hydrogen (secondary N) is 2. The Morgan fingerprint density at radius 1 is 1.55 bits per heavy atom. The van der Waals surface area contributed by atoms with Gasteiger partial charge in [0.1, 0.15) is 11.9 Å². The molecule has 1 fully saturated rings. The van der Waals surface area contributed by atoms with Crippen LogP contribution in [0.3, 0.4) is 0 Å². The molecule has 1 saturated heterocycles. The summed E-state index contributed by atoms with van der Waals surface area (Å²) in [5, 5.41) is 11.2. The van der Waals surface area contributed by atoms with E-state index in [4.69, 9.17) is 10.8 Å². The van der Waals surface area contributed by atoms with E-state index in [1.807, 2.05) is 0 Å². The van der Waals surface area contributed by atoms with Crippen LogP contribution in [0.1, 0.15) is 24.6 Å². The number of carbonyl (C=O) groups excluding carboxylic acids is 1. The lowest BCUT2D eigenvalue weighted by Gasteiger charge is -2.31. The van der Waals surface area contributed by atoms with Gasteiger partial charge < -0.3 is 26.0 Å². The van der Waals surface area contributed by atoms with Gasteiger partial charge in [-0.25, -0.2) is 9.78 Å². The van der Waals surface area contributed by atoms with Gasteiger partial charge in [-0.15, -0.1) is 0 Å². The number of amides is 2. The van der Waals surface area contributed by atoms with Gasteiger partial charge in [0, 0.05) is 37.9 Å². The molecule has 0 spiro atoms. The monoisotopic (exact) mass is 281 g/mol. The zero-order valence-electron chi connectivity index (χ0n) is 11.1. The normalized spacial score (nSPS) is 17.8. The van der Waals surface area contributed by atoms with Crippen molar-refractivity contribution in [1.29, 1.82) is 0 Å². The number of hydrogen-bond donors (Lipinski definition) is 4. The number of H-pyrrole nitrogens is 1. The highest BCUT2D eigenvalue weighted by atomic mass is 16.4. The Balaban J connectivity index is 1.76. The molecule has 2 rings (SSSR count). The van der Waals surface area contributed by atoms with Crippen molar-refractivity contribution in [2.24, 2.45) is 5.73 Å². The maximum absolute atomic E-state index is 11.9. The predicted octanol–water partition coefficient (Wildman–Crippen LogP) is -0.289. The number of urea groups is 1. The summed E-state index contributed by atoms with van der Waals surface area (Å²) in [6.07, 6.45) is 5.20. The fourth-order valence-electron chi connectivity index (χ4n) is 2.25. The number of aromatic amines is 1. The third-order valence-corrected chi connectivity index (χ3v) is 3.48. The first-order valence-electron chi connectivity index (χ1n) is 6.58. The van der Waals surface area contributed by atoms with Gasteiger partial charge in [0.05, 0.1) is 0 Å². The van der Waals surface area contributed by atoms with Gasteiger partial charge in [0.25, 0.3) is 0 Å². The van der Waals surface area contributed by atoms with Gasteiger partial charge in [-0.2, -0.15) is 0 Å². The molecule has 2 amide bonds. The highest BCUT2D eigenvalue weighted by Crippen LogP contribution is 2.25. The van der Waals surface area contributed by atoms with Crippen LogP contribution in [-0.4, -0.2) is 57.7 Å². The third kappa shape index (κ3) is 3.47. The Morgan fingerprint density at radius 3 is 2.80 bits per heavy atom. The molecule has 8 heteroatoms. The van der Waals surface area contributed by atoms with Gasteiger partial charge in [-0.1, -0.05) is 0 Å². The van der Waals surface area contributed by atoms with E-state index in [0.717, 1.165) is 18.7 Å². The molecule has 20 heavy (non-hydrogen) atoms. The van der Waals surface area contributed by atoms with Crippen molar-refractivity contribution in [2.75, 3.05) is 19.6 Å². The molecule has 0 radical (unpaired) electrons. The van der Waals surface area contributed by atoms with E-state index >= 15 is 0 Å². The summed E-state index contributed by atoms with van der Waals surface area (Å²) in [7, 11) is 0. The van der Waals surface area contributed by atoms with Gasteiger partial charge in [0.2, 0.25) is 0 Å². The number of carboxylic acids is 1. The Kier molecular flexibility index (Phi) is 4.57. The maximum atomic E-state index is 11.9. The average Bonchev–Trinajstić information content (AvgIpc) is 2.98. The summed E-state index contributed by atoms with van der Waals surface area (Å²) in [5.74, 6) is 0.176. The van der Waals surface area contributed by atoms with Crippen molar-refractivity contribution < 1.29 is 14.7 Å². The summed E-state index contributed by atoms with van der Waals surface area (Å²) in [5.41, 5.74) is 5.34. The average molecular weight is 281 g/mol. The molecule has 0 saturated carbocycles. The first kappa shape index (κ1) is 14.3. The lowest BCUT2D eigenvalue weighted by Crippen LogP contribution is -2.49. The molecule has 1 aromatic heterocycles. The summed E-state index contributed by atoms with van der Waals surface area (Å²) in [6, 6.07) is -1.33. The zero-order valence-corrected chi connectivity index (χ0v) is 11.1. The molecule has 0 aromatic carbocycles. The minimum absolute atomic E-state index is 0.0632. The Bertz CT molecular complexity index is 454. The van der Waals surface area contributed by atoms with E-state index in [2.05, 4.69) is 15.3 Å². The largest absolute Gasteiger partial charge is 0.480 e. The second kappa shape index (κ2) is 6.38. The van der Waals surface area contributed by atoms with Gasteiger partial charge in [-0.3, -0.25) is 4.79 Å². The molecule has 5 N–H and O–H groups in total. The van der Waals surface area contributed by atoms with E-state index < -0.39 is 12.0 Å². The maximum Gasteiger partial charge on any atom is 0.322 e. The van der Waals surface area contributed by atoms with Crippen LogP contribution in [0.2, 0.25) is 0 Å². The highest BCUT2D eigenvalue weighted by molar-refractivity contribution is 5.77. The second-order valence-corrected chi connectivity index (χ2v) is 4.87. The summed E-state index contributed by atoms with van der Waals surface area (Å²) in [4.78, 5) is 31.4. The number of piperidine rings is 1. The van der Waals surface area contributed by atoms with E-state index in [-0.39, 0.29) is 12.6 Å². The number of carboxylic acid groups (broad SMARTS) is 1. The summed E-state index contributed by atoms with van der Waals surface area (Å²) >= 11 is 0. The van der Waals surface area contributed by atoms with Crippen LogP contribution in [-0.2, 0) is 4.79 Å². The van der Waals surface area contributed by atoms with Gasteiger partial charge >= 0.3 is 12.0 Å². The van der Waals surface area contributed by atoms with Gasteiger partial charge in [-0.05, 0) is 12.8 Å². The lowest BCUT2D eigenvalue weighted by molar-refractivity contribution is -0.138. The van der Waals surface area contributed by atoms with Crippen LogP contribution >= 0.6 is 0 Å². The van der Waals surface area contributed by atoms with Crippen LogP contribution in [0.15, 0.2) is 12.4 Å². The molecule has 0 bridgehead atoms. The van der Waals surface area contributed by atoms with Crippen molar-refractivity contribution in [1.82, 2.24) is 20.2 Å². The van der Waals surface area contributed by atoms with E-state index in [9.17, 15) is 9.59 Å². The van der Waals surface area contributed by atoms with Crippen LogP contribution in [0, 0.1) is 0 Å². The lowest BCUT2D eigenvalue weighted by atomic mass is 9.96. The molecule has 1 atom stereocenters. The topological polar surface area (TPSA) is 124 Å². The molecular formula is C12H19N5O3. The van der Waals surface area contributed by atoms with E-state index in [0.29, 0.717) is 19.0 Å². The standard InChI is InChI=1S/C12H19N5O3/c13-9(11(18)19)7-16-12(20)17-5-1-8(2-6-17)10-14-3-4-15-10/h3-4,8-9H,1-2,5-7,13H2,(H,14,15)(H,16,20)(H,18,19)/t9-/m0/s1. The summed E-state index contributed by atoms with van der Waals surface area (Å²) < 4.78 is 0. The predicted molar refractivity (Wildman–Crippen MR) is 71.1 cm³/mol. The SMILES string of the molecule is N[C@@H](CNC(=O)N1CCC(c2ncc[nH]2)CC1)C(=O)O. The van der Waals surface area contributed by atoms with Crippen molar-refractivity contribution in [3.8, 4) is 0 Å². The first-order chi connectivity index (χ1) is 9.58. The number of nitrogens with two attached hydrogens (primary N) is 1. The minimum Gasteiger partial charge on any atom is -0.480 e. The fourth-order valence-corrected chi connectivity index (χ4v) is 2.25.